The maximum atomic E-state index is 12.9. The number of amides is 3. The smallest absolute Gasteiger partial charge is 0.326 e. The maximum Gasteiger partial charge on any atom is 0.326 e. The number of carboxylic acids is 3. The number of carbonyl (C=O) groups is 6. The summed E-state index contributed by atoms with van der Waals surface area (Å²) in [6.07, 6.45) is 1.25. The molecule has 36 heavy (non-hydrogen) atoms. The second-order valence-electron chi connectivity index (χ2n) is 8.57. The third kappa shape index (κ3) is 10.9. The summed E-state index contributed by atoms with van der Waals surface area (Å²) < 4.78 is 0. The Balaban J connectivity index is 2.95. The molecule has 200 valence electrons. The zero-order valence-electron chi connectivity index (χ0n) is 19.9. The molecule has 0 spiro atoms. The van der Waals surface area contributed by atoms with E-state index in [1.165, 1.54) is 12.5 Å². The molecule has 3 amide bonds. The highest BCUT2D eigenvalue weighted by atomic mass is 16.4. The lowest BCUT2D eigenvalue weighted by Crippen LogP contribution is -2.57. The van der Waals surface area contributed by atoms with Gasteiger partial charge in [-0.3, -0.25) is 24.0 Å². The van der Waals surface area contributed by atoms with Gasteiger partial charge in [0.2, 0.25) is 17.7 Å². The van der Waals surface area contributed by atoms with Crippen molar-refractivity contribution in [3.8, 4) is 0 Å². The van der Waals surface area contributed by atoms with Gasteiger partial charge in [-0.1, -0.05) is 13.8 Å². The van der Waals surface area contributed by atoms with Gasteiger partial charge in [-0.05, 0) is 18.8 Å². The lowest BCUT2D eigenvalue weighted by molar-refractivity contribution is -0.144. The number of carboxylic acid groups (broad SMARTS) is 3. The van der Waals surface area contributed by atoms with Crippen LogP contribution in [0.1, 0.15) is 45.2 Å². The van der Waals surface area contributed by atoms with Crippen LogP contribution in [0, 0.1) is 5.92 Å². The summed E-state index contributed by atoms with van der Waals surface area (Å²) in [5, 5.41) is 33.9. The highest BCUT2D eigenvalue weighted by Crippen LogP contribution is 2.08. The number of rotatable bonds is 16. The van der Waals surface area contributed by atoms with Gasteiger partial charge in [-0.2, -0.15) is 0 Å². The molecule has 0 aliphatic heterocycles. The highest BCUT2D eigenvalue weighted by molar-refractivity contribution is 5.95. The number of H-pyrrole nitrogens is 1. The summed E-state index contributed by atoms with van der Waals surface area (Å²) in [5.74, 6) is -7.03. The van der Waals surface area contributed by atoms with Crippen LogP contribution in [0.4, 0.5) is 0 Å². The van der Waals surface area contributed by atoms with Gasteiger partial charge in [-0.25, -0.2) is 9.78 Å². The van der Waals surface area contributed by atoms with Gasteiger partial charge in [0.25, 0.3) is 0 Å². The van der Waals surface area contributed by atoms with E-state index in [1.54, 1.807) is 13.8 Å². The van der Waals surface area contributed by atoms with Gasteiger partial charge in [0, 0.05) is 24.7 Å². The summed E-state index contributed by atoms with van der Waals surface area (Å²) in [6, 6.07) is -5.51. The largest absolute Gasteiger partial charge is 0.481 e. The zero-order valence-corrected chi connectivity index (χ0v) is 19.9. The molecule has 1 aromatic rings. The molecule has 1 aromatic heterocycles. The predicted octanol–water partition coefficient (Wildman–Crippen LogP) is -1.80. The Morgan fingerprint density at radius 3 is 2.00 bits per heavy atom. The van der Waals surface area contributed by atoms with Crippen molar-refractivity contribution in [2.75, 3.05) is 0 Å². The molecule has 0 saturated heterocycles. The fraction of sp³-hybridized carbons (Fsp3) is 0.571. The van der Waals surface area contributed by atoms with Crippen LogP contribution in [0.5, 0.6) is 0 Å². The van der Waals surface area contributed by atoms with Crippen molar-refractivity contribution < 1.29 is 44.1 Å². The monoisotopic (exact) mass is 512 g/mol. The van der Waals surface area contributed by atoms with Gasteiger partial charge in [0.1, 0.15) is 18.1 Å². The minimum absolute atomic E-state index is 0.0935. The van der Waals surface area contributed by atoms with Crippen LogP contribution in [0.25, 0.3) is 0 Å². The van der Waals surface area contributed by atoms with Crippen LogP contribution in [0.2, 0.25) is 0 Å². The molecule has 0 fully saturated rings. The third-order valence-corrected chi connectivity index (χ3v) is 4.94. The second-order valence-corrected chi connectivity index (χ2v) is 8.57. The van der Waals surface area contributed by atoms with Crippen molar-refractivity contribution in [3.63, 3.8) is 0 Å². The number of aliphatic carboxylic acids is 3. The van der Waals surface area contributed by atoms with Crippen molar-refractivity contribution in [2.24, 2.45) is 11.7 Å². The number of aromatic amines is 1. The molecule has 0 bridgehead atoms. The fourth-order valence-electron chi connectivity index (χ4n) is 3.16. The van der Waals surface area contributed by atoms with E-state index < -0.39 is 79.1 Å². The predicted molar refractivity (Wildman–Crippen MR) is 122 cm³/mol. The number of nitrogens with zero attached hydrogens (tertiary/aromatic N) is 1. The summed E-state index contributed by atoms with van der Waals surface area (Å²) >= 11 is 0. The normalized spacial score (nSPS) is 14.2. The number of aromatic nitrogens is 2. The molecule has 9 N–H and O–H groups in total. The molecule has 0 aromatic carbocycles. The first kappa shape index (κ1) is 30.0. The Morgan fingerprint density at radius 2 is 1.50 bits per heavy atom. The average molecular weight is 513 g/mol. The molecule has 15 heteroatoms. The van der Waals surface area contributed by atoms with Gasteiger partial charge >= 0.3 is 17.9 Å². The molecule has 0 radical (unpaired) electrons. The number of hydrogen-bond acceptors (Lipinski definition) is 8. The second kappa shape index (κ2) is 14.4. The third-order valence-electron chi connectivity index (χ3n) is 4.94. The van der Waals surface area contributed by atoms with Crippen molar-refractivity contribution in [3.05, 3.63) is 18.2 Å². The number of nitrogens with two attached hydrogens (primary N) is 1. The van der Waals surface area contributed by atoms with E-state index in [2.05, 4.69) is 20.6 Å². The first-order valence-corrected chi connectivity index (χ1v) is 11.1. The molecule has 0 saturated carbocycles. The summed E-state index contributed by atoms with van der Waals surface area (Å²) in [6.45, 7) is 3.55. The standard InChI is InChI=1S/C21H32N6O9/c1-10(2)5-14(26-18(32)12(22)6-11-8-23-9-24-11)19(33)27-15(7-17(30)31)20(34)25-13(21(35)36)3-4-16(28)29/h8-10,12-15H,3-7,22H2,1-2H3,(H,23,24)(H,25,34)(H,26,32)(H,27,33)(H,28,29)(H,30,31)(H,35,36). The molecule has 0 aliphatic rings. The molecule has 1 heterocycles. The SMILES string of the molecule is CC(C)CC(NC(=O)C(N)Cc1cnc[nH]1)C(=O)NC(CC(=O)O)C(=O)NC(CCC(=O)O)C(=O)O. The van der Waals surface area contributed by atoms with Crippen molar-refractivity contribution in [1.82, 2.24) is 25.9 Å². The molecule has 0 aliphatic carbocycles. The minimum atomic E-state index is -1.69. The highest BCUT2D eigenvalue weighted by Gasteiger charge is 2.32. The number of carbonyl (C=O) groups excluding carboxylic acids is 3. The minimum Gasteiger partial charge on any atom is -0.481 e. The van der Waals surface area contributed by atoms with Crippen LogP contribution in [-0.4, -0.2) is 85.1 Å². The van der Waals surface area contributed by atoms with Gasteiger partial charge < -0.3 is 42.0 Å². The quantitative estimate of drug-likeness (QED) is 0.123. The molecular formula is C21H32N6O9. The van der Waals surface area contributed by atoms with E-state index in [-0.39, 0.29) is 18.8 Å². The zero-order chi connectivity index (χ0) is 27.4. The Hall–Kier alpha value is -4.01. The van der Waals surface area contributed by atoms with Crippen LogP contribution >= 0.6 is 0 Å². The van der Waals surface area contributed by atoms with E-state index in [9.17, 15) is 39.0 Å². The van der Waals surface area contributed by atoms with Gasteiger partial charge in [0.05, 0.1) is 18.8 Å². The fourth-order valence-corrected chi connectivity index (χ4v) is 3.16. The Bertz CT molecular complexity index is 934. The molecule has 4 unspecified atom stereocenters. The van der Waals surface area contributed by atoms with E-state index in [1.807, 2.05) is 5.32 Å². The first-order valence-electron chi connectivity index (χ1n) is 11.1. The molecular weight excluding hydrogens is 480 g/mol. The maximum absolute atomic E-state index is 12.9. The van der Waals surface area contributed by atoms with Crippen LogP contribution in [0.15, 0.2) is 12.5 Å². The van der Waals surface area contributed by atoms with E-state index in [0.717, 1.165) is 0 Å². The molecule has 4 atom stereocenters. The van der Waals surface area contributed by atoms with Gasteiger partial charge in [0.15, 0.2) is 0 Å². The summed E-state index contributed by atoms with van der Waals surface area (Å²) in [5.41, 5.74) is 6.50. The average Bonchev–Trinajstić information content (AvgIpc) is 3.27. The van der Waals surface area contributed by atoms with Crippen LogP contribution in [0.3, 0.4) is 0 Å². The van der Waals surface area contributed by atoms with E-state index in [0.29, 0.717) is 5.69 Å². The Labute approximate surface area is 206 Å². The van der Waals surface area contributed by atoms with Gasteiger partial charge in [-0.15, -0.1) is 0 Å². The number of imidazole rings is 1. The topological polar surface area (TPSA) is 254 Å². The summed E-state index contributed by atoms with van der Waals surface area (Å²) in [7, 11) is 0. The van der Waals surface area contributed by atoms with Crippen LogP contribution < -0.4 is 21.7 Å². The van der Waals surface area contributed by atoms with Crippen molar-refractivity contribution >= 4 is 35.6 Å². The van der Waals surface area contributed by atoms with Crippen molar-refractivity contribution in [2.45, 2.75) is 70.1 Å². The summed E-state index contributed by atoms with van der Waals surface area (Å²) in [4.78, 5) is 78.1. The number of hydrogen-bond donors (Lipinski definition) is 8. The van der Waals surface area contributed by atoms with E-state index >= 15 is 0 Å². The first-order chi connectivity index (χ1) is 16.8. The van der Waals surface area contributed by atoms with Crippen molar-refractivity contribution in [1.29, 1.82) is 0 Å². The Kier molecular flexibility index (Phi) is 12.0. The molecule has 15 nitrogen and oxygen atoms in total. The molecule has 1 rings (SSSR count). The Morgan fingerprint density at radius 1 is 0.917 bits per heavy atom. The van der Waals surface area contributed by atoms with E-state index in [4.69, 9.17) is 10.8 Å². The van der Waals surface area contributed by atoms with Crippen LogP contribution in [-0.2, 0) is 35.2 Å². The number of nitrogens with one attached hydrogen (secondary N) is 4. The lowest BCUT2D eigenvalue weighted by atomic mass is 10.0. The lowest BCUT2D eigenvalue weighted by Gasteiger charge is -2.25.